The molecule has 0 unspecified atom stereocenters. The number of ether oxygens (including phenoxy) is 2. The third-order valence-electron chi connectivity index (χ3n) is 3.64. The zero-order chi connectivity index (χ0) is 15.3. The second-order valence-electron chi connectivity index (χ2n) is 5.44. The van der Waals surface area contributed by atoms with Gasteiger partial charge >= 0.3 is 0 Å². The average molecular weight is 357 g/mol. The quantitative estimate of drug-likeness (QED) is 0.332. The van der Waals surface area contributed by atoms with Gasteiger partial charge in [0.15, 0.2) is 11.5 Å². The van der Waals surface area contributed by atoms with E-state index in [1.54, 1.807) is 7.11 Å². The Balaban J connectivity index is 2.17. The number of unbranched alkanes of at least 4 members (excludes halogenated alkanes) is 7. The zero-order valence-electron chi connectivity index (χ0n) is 13.5. The minimum Gasteiger partial charge on any atom is -0.493 e. The third-order valence-corrected chi connectivity index (χ3v) is 4.29. The zero-order valence-corrected chi connectivity index (χ0v) is 15.1. The van der Waals surface area contributed by atoms with Crippen molar-refractivity contribution in [1.29, 1.82) is 0 Å². The highest BCUT2D eigenvalue weighted by Crippen LogP contribution is 2.29. The van der Waals surface area contributed by atoms with Crippen molar-refractivity contribution in [2.24, 2.45) is 0 Å². The van der Waals surface area contributed by atoms with Crippen molar-refractivity contribution in [2.75, 3.05) is 13.7 Å². The smallest absolute Gasteiger partial charge is 0.161 e. The van der Waals surface area contributed by atoms with Crippen LogP contribution in [-0.4, -0.2) is 13.7 Å². The topological polar surface area (TPSA) is 18.5 Å². The molecule has 0 saturated carbocycles. The van der Waals surface area contributed by atoms with E-state index < -0.39 is 0 Å². The van der Waals surface area contributed by atoms with Gasteiger partial charge in [0.2, 0.25) is 0 Å². The van der Waals surface area contributed by atoms with Crippen LogP contribution in [0.3, 0.4) is 0 Å². The van der Waals surface area contributed by atoms with E-state index in [1.807, 2.05) is 6.07 Å². The Morgan fingerprint density at radius 2 is 1.57 bits per heavy atom. The highest BCUT2D eigenvalue weighted by atomic mass is 79.9. The molecule has 0 atom stereocenters. The average Bonchev–Trinajstić information content (AvgIpc) is 2.53. The van der Waals surface area contributed by atoms with E-state index in [0.717, 1.165) is 29.9 Å². The molecule has 1 aromatic carbocycles. The van der Waals surface area contributed by atoms with E-state index in [2.05, 4.69) is 35.0 Å². The molecule has 0 radical (unpaired) electrons. The van der Waals surface area contributed by atoms with E-state index in [9.17, 15) is 0 Å². The van der Waals surface area contributed by atoms with Crippen LogP contribution in [0.2, 0.25) is 0 Å². The molecule has 1 aromatic rings. The molecule has 0 fully saturated rings. The number of hydrogen-bond donors (Lipinski definition) is 0. The lowest BCUT2D eigenvalue weighted by Crippen LogP contribution is -2.00. The van der Waals surface area contributed by atoms with E-state index in [-0.39, 0.29) is 0 Å². The van der Waals surface area contributed by atoms with E-state index in [0.29, 0.717) is 0 Å². The van der Waals surface area contributed by atoms with Crippen LogP contribution < -0.4 is 9.47 Å². The molecule has 2 nitrogen and oxygen atoms in total. The predicted molar refractivity (Wildman–Crippen MR) is 93.7 cm³/mol. The summed E-state index contributed by atoms with van der Waals surface area (Å²) >= 11 is 3.47. The third kappa shape index (κ3) is 7.75. The fraction of sp³-hybridized carbons (Fsp3) is 0.667. The van der Waals surface area contributed by atoms with Gasteiger partial charge in [-0.2, -0.15) is 0 Å². The highest BCUT2D eigenvalue weighted by Gasteiger charge is 2.05. The Kier molecular flexibility index (Phi) is 10.4. The molecule has 0 amide bonds. The largest absolute Gasteiger partial charge is 0.493 e. The normalized spacial score (nSPS) is 10.6. The first-order chi connectivity index (χ1) is 10.3. The number of hydrogen-bond acceptors (Lipinski definition) is 2. The van der Waals surface area contributed by atoms with Crippen LogP contribution in [0.15, 0.2) is 18.2 Å². The molecule has 0 heterocycles. The van der Waals surface area contributed by atoms with Gasteiger partial charge in [0.25, 0.3) is 0 Å². The van der Waals surface area contributed by atoms with Crippen molar-refractivity contribution in [3.05, 3.63) is 23.8 Å². The molecule has 120 valence electrons. The molecule has 1 rings (SSSR count). The molecule has 3 heteroatoms. The number of halogens is 1. The van der Waals surface area contributed by atoms with Gasteiger partial charge in [-0.05, 0) is 24.1 Å². The molecule has 0 bridgehead atoms. The lowest BCUT2D eigenvalue weighted by atomic mass is 10.1. The second-order valence-corrected chi connectivity index (χ2v) is 6.00. The van der Waals surface area contributed by atoms with Gasteiger partial charge in [-0.1, -0.05) is 73.9 Å². The summed E-state index contributed by atoms with van der Waals surface area (Å²) < 4.78 is 11.2. The number of benzene rings is 1. The lowest BCUT2D eigenvalue weighted by Gasteiger charge is -2.11. The molecule has 0 aliphatic carbocycles. The van der Waals surface area contributed by atoms with Crippen LogP contribution in [0.25, 0.3) is 0 Å². The molecule has 0 N–H and O–H groups in total. The molecule has 0 aliphatic rings. The molecule has 0 aromatic heterocycles. The Labute approximate surface area is 138 Å². The number of methoxy groups -OCH3 is 1. The monoisotopic (exact) mass is 356 g/mol. The van der Waals surface area contributed by atoms with Crippen LogP contribution in [0.5, 0.6) is 11.5 Å². The first kappa shape index (κ1) is 18.3. The fourth-order valence-electron chi connectivity index (χ4n) is 2.34. The Hall–Kier alpha value is -0.700. The summed E-state index contributed by atoms with van der Waals surface area (Å²) in [6.07, 6.45) is 10.5. The van der Waals surface area contributed by atoms with Gasteiger partial charge in [-0.25, -0.2) is 0 Å². The van der Waals surface area contributed by atoms with Crippen molar-refractivity contribution < 1.29 is 9.47 Å². The van der Waals surface area contributed by atoms with Crippen molar-refractivity contribution in [1.82, 2.24) is 0 Å². The lowest BCUT2D eigenvalue weighted by molar-refractivity contribution is 0.284. The van der Waals surface area contributed by atoms with Gasteiger partial charge < -0.3 is 9.47 Å². The summed E-state index contributed by atoms with van der Waals surface area (Å²) in [5.74, 6) is 1.68. The van der Waals surface area contributed by atoms with Crippen LogP contribution >= 0.6 is 15.9 Å². The maximum absolute atomic E-state index is 5.87. The van der Waals surface area contributed by atoms with Gasteiger partial charge in [0.05, 0.1) is 13.7 Å². The number of alkyl halides is 1. The molecule has 0 aliphatic heterocycles. The van der Waals surface area contributed by atoms with Crippen LogP contribution in [-0.2, 0) is 5.33 Å². The maximum atomic E-state index is 5.87. The molecular formula is C18H29BrO2. The Bertz CT molecular complexity index is 379. The Morgan fingerprint density at radius 1 is 0.905 bits per heavy atom. The fourth-order valence-corrected chi connectivity index (χ4v) is 2.68. The number of rotatable bonds is 12. The standard InChI is InChI=1S/C18H29BrO2/c1-3-4-5-6-7-8-9-10-13-21-18-14-16(15-19)11-12-17(18)20-2/h11-12,14H,3-10,13,15H2,1-2H3. The summed E-state index contributed by atoms with van der Waals surface area (Å²) in [7, 11) is 1.69. The van der Waals surface area contributed by atoms with E-state index in [4.69, 9.17) is 9.47 Å². The summed E-state index contributed by atoms with van der Waals surface area (Å²) in [5.41, 5.74) is 1.21. The van der Waals surface area contributed by atoms with Crippen molar-refractivity contribution in [3.8, 4) is 11.5 Å². The molecular weight excluding hydrogens is 328 g/mol. The van der Waals surface area contributed by atoms with Crippen LogP contribution in [0.1, 0.15) is 63.9 Å². The van der Waals surface area contributed by atoms with Crippen molar-refractivity contribution in [3.63, 3.8) is 0 Å². The summed E-state index contributed by atoms with van der Waals surface area (Å²) in [6, 6.07) is 6.08. The SMILES string of the molecule is CCCCCCCCCCOc1cc(CBr)ccc1OC. The Morgan fingerprint density at radius 3 is 2.19 bits per heavy atom. The van der Waals surface area contributed by atoms with Crippen LogP contribution in [0, 0.1) is 0 Å². The summed E-state index contributed by atoms with van der Waals surface area (Å²) in [6.45, 7) is 3.03. The molecule has 0 saturated heterocycles. The van der Waals surface area contributed by atoms with Gasteiger partial charge in [0, 0.05) is 5.33 Å². The van der Waals surface area contributed by atoms with Crippen molar-refractivity contribution >= 4 is 15.9 Å². The minimum atomic E-state index is 0.775. The predicted octanol–water partition coefficient (Wildman–Crippen LogP) is 6.11. The minimum absolute atomic E-state index is 0.775. The van der Waals surface area contributed by atoms with Crippen molar-refractivity contribution in [2.45, 2.75) is 63.6 Å². The maximum Gasteiger partial charge on any atom is 0.161 e. The first-order valence-electron chi connectivity index (χ1n) is 8.17. The van der Waals surface area contributed by atoms with Gasteiger partial charge in [-0.15, -0.1) is 0 Å². The molecule has 21 heavy (non-hydrogen) atoms. The van der Waals surface area contributed by atoms with Gasteiger partial charge in [0.1, 0.15) is 0 Å². The highest BCUT2D eigenvalue weighted by molar-refractivity contribution is 9.08. The van der Waals surface area contributed by atoms with E-state index in [1.165, 1.54) is 50.5 Å². The van der Waals surface area contributed by atoms with E-state index >= 15 is 0 Å². The second kappa shape index (κ2) is 11.9. The first-order valence-corrected chi connectivity index (χ1v) is 9.29. The molecule has 0 spiro atoms. The summed E-state index contributed by atoms with van der Waals surface area (Å²) in [4.78, 5) is 0. The van der Waals surface area contributed by atoms with Gasteiger partial charge in [-0.3, -0.25) is 0 Å². The van der Waals surface area contributed by atoms with Crippen LogP contribution in [0.4, 0.5) is 0 Å². The summed E-state index contributed by atoms with van der Waals surface area (Å²) in [5, 5.41) is 0.838.